The van der Waals surface area contributed by atoms with Crippen molar-refractivity contribution in [3.05, 3.63) is 57.6 Å². The number of nitrogens with one attached hydrogen (secondary N) is 1. The van der Waals surface area contributed by atoms with Crippen molar-refractivity contribution in [3.63, 3.8) is 0 Å². The summed E-state index contributed by atoms with van der Waals surface area (Å²) >= 11 is 11.9. The third-order valence-corrected chi connectivity index (χ3v) is 2.83. The molecule has 1 aromatic heterocycles. The molecule has 0 bridgehead atoms. The van der Waals surface area contributed by atoms with Crippen LogP contribution in [0.3, 0.4) is 0 Å². The highest BCUT2D eigenvalue weighted by Crippen LogP contribution is 2.18. The van der Waals surface area contributed by atoms with Gasteiger partial charge in [0.1, 0.15) is 0 Å². The average molecular weight is 282 g/mol. The molecule has 0 saturated heterocycles. The zero-order valence-corrected chi connectivity index (χ0v) is 11.5. The summed E-state index contributed by atoms with van der Waals surface area (Å²) in [5.74, 6) is 0. The molecule has 1 aromatic carbocycles. The van der Waals surface area contributed by atoms with Crippen LogP contribution in [-0.4, -0.2) is 9.97 Å². The van der Waals surface area contributed by atoms with Crippen molar-refractivity contribution in [2.24, 2.45) is 0 Å². The summed E-state index contributed by atoms with van der Waals surface area (Å²) in [4.78, 5) is 8.46. The van der Waals surface area contributed by atoms with Crippen LogP contribution in [0.1, 0.15) is 17.0 Å². The molecule has 0 radical (unpaired) electrons. The Morgan fingerprint density at radius 1 is 1.00 bits per heavy atom. The minimum atomic E-state index is 0.648. The Bertz CT molecular complexity index is 506. The predicted molar refractivity (Wildman–Crippen MR) is 73.8 cm³/mol. The van der Waals surface area contributed by atoms with Crippen LogP contribution in [-0.2, 0) is 13.1 Å². The first-order valence-electron chi connectivity index (χ1n) is 5.57. The normalized spacial score (nSPS) is 10.6. The van der Waals surface area contributed by atoms with Gasteiger partial charge in [0, 0.05) is 35.5 Å². The summed E-state index contributed by atoms with van der Waals surface area (Å²) < 4.78 is 0. The predicted octanol–water partition coefficient (Wildman–Crippen LogP) is 3.38. The molecule has 5 heteroatoms. The Balaban J connectivity index is 1.90. The third-order valence-electron chi connectivity index (χ3n) is 2.39. The van der Waals surface area contributed by atoms with E-state index < -0.39 is 0 Å². The Labute approximate surface area is 116 Å². The second-order valence-corrected chi connectivity index (χ2v) is 4.90. The smallest absolute Gasteiger partial charge is 0.0724 e. The van der Waals surface area contributed by atoms with Crippen LogP contribution in [0, 0.1) is 6.92 Å². The molecular formula is C13H13Cl2N3. The van der Waals surface area contributed by atoms with Crippen molar-refractivity contribution in [2.75, 3.05) is 0 Å². The van der Waals surface area contributed by atoms with Gasteiger partial charge < -0.3 is 5.32 Å². The zero-order chi connectivity index (χ0) is 13.0. The van der Waals surface area contributed by atoms with E-state index in [0.29, 0.717) is 23.1 Å². The molecule has 1 heterocycles. The third kappa shape index (κ3) is 3.95. The molecule has 0 fully saturated rings. The Morgan fingerprint density at radius 2 is 1.72 bits per heavy atom. The molecule has 0 aliphatic carbocycles. The molecule has 2 rings (SSSR count). The first-order valence-corrected chi connectivity index (χ1v) is 6.32. The van der Waals surface area contributed by atoms with E-state index in [1.165, 1.54) is 0 Å². The molecule has 2 aromatic rings. The lowest BCUT2D eigenvalue weighted by Crippen LogP contribution is -2.14. The fourth-order valence-electron chi connectivity index (χ4n) is 1.56. The number of rotatable bonds is 4. The average Bonchev–Trinajstić information content (AvgIpc) is 2.30. The first-order chi connectivity index (χ1) is 8.63. The SMILES string of the molecule is Cc1cnc(CNCc2cc(Cl)cc(Cl)c2)cn1. The van der Waals surface area contributed by atoms with E-state index in [9.17, 15) is 0 Å². The van der Waals surface area contributed by atoms with Crippen molar-refractivity contribution in [3.8, 4) is 0 Å². The van der Waals surface area contributed by atoms with Gasteiger partial charge in [0.25, 0.3) is 0 Å². The van der Waals surface area contributed by atoms with E-state index in [2.05, 4.69) is 15.3 Å². The van der Waals surface area contributed by atoms with Crippen molar-refractivity contribution < 1.29 is 0 Å². The van der Waals surface area contributed by atoms with Gasteiger partial charge >= 0.3 is 0 Å². The highest BCUT2D eigenvalue weighted by molar-refractivity contribution is 6.34. The maximum Gasteiger partial charge on any atom is 0.0724 e. The van der Waals surface area contributed by atoms with Crippen LogP contribution in [0.15, 0.2) is 30.6 Å². The van der Waals surface area contributed by atoms with Crippen LogP contribution in [0.25, 0.3) is 0 Å². The van der Waals surface area contributed by atoms with Gasteiger partial charge in [-0.15, -0.1) is 0 Å². The number of aryl methyl sites for hydroxylation is 1. The molecule has 0 spiro atoms. The van der Waals surface area contributed by atoms with Crippen LogP contribution >= 0.6 is 23.2 Å². The van der Waals surface area contributed by atoms with Gasteiger partial charge in [-0.3, -0.25) is 9.97 Å². The fraction of sp³-hybridized carbons (Fsp3) is 0.231. The number of benzene rings is 1. The van der Waals surface area contributed by atoms with Crippen LogP contribution in [0.2, 0.25) is 10.0 Å². The largest absolute Gasteiger partial charge is 0.307 e. The minimum Gasteiger partial charge on any atom is -0.307 e. The molecule has 0 atom stereocenters. The van der Waals surface area contributed by atoms with E-state index >= 15 is 0 Å². The maximum absolute atomic E-state index is 5.93. The molecule has 0 aliphatic heterocycles. The summed E-state index contributed by atoms with van der Waals surface area (Å²) in [5.41, 5.74) is 2.88. The molecule has 0 unspecified atom stereocenters. The molecule has 18 heavy (non-hydrogen) atoms. The molecule has 0 saturated carbocycles. The number of nitrogens with zero attached hydrogens (tertiary/aromatic N) is 2. The molecule has 0 amide bonds. The Hall–Kier alpha value is -1.16. The van der Waals surface area contributed by atoms with E-state index in [1.807, 2.05) is 19.1 Å². The summed E-state index contributed by atoms with van der Waals surface area (Å²) in [6, 6.07) is 5.50. The van der Waals surface area contributed by atoms with Crippen LogP contribution in [0.4, 0.5) is 0 Å². The summed E-state index contributed by atoms with van der Waals surface area (Å²) in [7, 11) is 0. The van der Waals surface area contributed by atoms with E-state index in [1.54, 1.807) is 18.5 Å². The van der Waals surface area contributed by atoms with Gasteiger partial charge in [0.2, 0.25) is 0 Å². The lowest BCUT2D eigenvalue weighted by atomic mass is 10.2. The molecular weight excluding hydrogens is 269 g/mol. The van der Waals surface area contributed by atoms with Crippen molar-refractivity contribution in [2.45, 2.75) is 20.0 Å². The van der Waals surface area contributed by atoms with Gasteiger partial charge in [-0.2, -0.15) is 0 Å². The van der Waals surface area contributed by atoms with E-state index in [4.69, 9.17) is 23.2 Å². The van der Waals surface area contributed by atoms with Gasteiger partial charge in [-0.05, 0) is 30.7 Å². The molecule has 3 nitrogen and oxygen atoms in total. The standard InChI is InChI=1S/C13H13Cl2N3/c1-9-5-18-13(8-17-9)7-16-6-10-2-11(14)4-12(15)3-10/h2-5,8,16H,6-7H2,1H3. The second-order valence-electron chi connectivity index (χ2n) is 4.03. The van der Waals surface area contributed by atoms with Gasteiger partial charge in [0.05, 0.1) is 11.4 Å². The molecule has 1 N–H and O–H groups in total. The maximum atomic E-state index is 5.93. The Kier molecular flexibility index (Phi) is 4.53. The number of hydrogen-bond acceptors (Lipinski definition) is 3. The van der Waals surface area contributed by atoms with Crippen LogP contribution in [0.5, 0.6) is 0 Å². The van der Waals surface area contributed by atoms with Crippen molar-refractivity contribution in [1.29, 1.82) is 0 Å². The van der Waals surface area contributed by atoms with Gasteiger partial charge in [0.15, 0.2) is 0 Å². The highest BCUT2D eigenvalue weighted by Gasteiger charge is 1.99. The van der Waals surface area contributed by atoms with Gasteiger partial charge in [-0.25, -0.2) is 0 Å². The topological polar surface area (TPSA) is 37.8 Å². The van der Waals surface area contributed by atoms with Crippen molar-refractivity contribution >= 4 is 23.2 Å². The quantitative estimate of drug-likeness (QED) is 0.934. The highest BCUT2D eigenvalue weighted by atomic mass is 35.5. The monoisotopic (exact) mass is 281 g/mol. The van der Waals surface area contributed by atoms with E-state index in [0.717, 1.165) is 17.0 Å². The zero-order valence-electron chi connectivity index (χ0n) is 9.95. The number of halogens is 2. The fourth-order valence-corrected chi connectivity index (χ4v) is 2.13. The van der Waals surface area contributed by atoms with Crippen molar-refractivity contribution in [1.82, 2.24) is 15.3 Å². The molecule has 94 valence electrons. The van der Waals surface area contributed by atoms with E-state index in [-0.39, 0.29) is 0 Å². The summed E-state index contributed by atoms with van der Waals surface area (Å²) in [6.07, 6.45) is 3.53. The second kappa shape index (κ2) is 6.14. The minimum absolute atomic E-state index is 0.648. The lowest BCUT2D eigenvalue weighted by Gasteiger charge is -2.05. The molecule has 0 aliphatic rings. The lowest BCUT2D eigenvalue weighted by molar-refractivity contribution is 0.676. The summed E-state index contributed by atoms with van der Waals surface area (Å²) in [5, 5.41) is 4.57. The van der Waals surface area contributed by atoms with Crippen LogP contribution < -0.4 is 5.32 Å². The number of hydrogen-bond donors (Lipinski definition) is 1. The van der Waals surface area contributed by atoms with Gasteiger partial charge in [-0.1, -0.05) is 23.2 Å². The first kappa shape index (κ1) is 13.3. The number of aromatic nitrogens is 2. The summed E-state index contributed by atoms with van der Waals surface area (Å²) in [6.45, 7) is 3.27. The Morgan fingerprint density at radius 3 is 2.33 bits per heavy atom.